The Labute approximate surface area is 127 Å². The Morgan fingerprint density at radius 3 is 2.67 bits per heavy atom. The molecular weight excluding hydrogens is 263 g/mol. The van der Waals surface area contributed by atoms with Crippen LogP contribution in [0, 0.1) is 11.3 Å². The molecule has 0 spiro atoms. The Balaban J connectivity index is 2.75. The molecule has 1 aliphatic rings. The van der Waals surface area contributed by atoms with Crippen LogP contribution in [0.1, 0.15) is 40.5 Å². The average molecular weight is 288 g/mol. The highest BCUT2D eigenvalue weighted by Crippen LogP contribution is 2.41. The summed E-state index contributed by atoms with van der Waals surface area (Å²) < 4.78 is 13.8. The van der Waals surface area contributed by atoms with Gasteiger partial charge in [-0.2, -0.15) is 0 Å². The molecule has 0 aromatic rings. The molecule has 0 fully saturated rings. The van der Waals surface area contributed by atoms with Gasteiger partial charge in [-0.05, 0) is 55.9 Å². The van der Waals surface area contributed by atoms with E-state index in [1.54, 1.807) is 19.1 Å². The predicted octanol–water partition coefficient (Wildman–Crippen LogP) is 5.48. The van der Waals surface area contributed by atoms with Crippen LogP contribution in [0.4, 0.5) is 4.39 Å². The fourth-order valence-corrected chi connectivity index (χ4v) is 2.68. The second kappa shape index (κ2) is 7.92. The molecule has 1 atom stereocenters. The standard InChI is InChI=1S/C19H25FO/c1-15(12-14-21)7-5-9-17(20)10-11-18-16(2)8-6-13-19(18,3)4/h5,7-12,14,18H,6,13H2,1-4H3/b7-5+,11-10+,15-12+,17-9-. The average Bonchev–Trinajstić information content (AvgIpc) is 2.37. The fraction of sp³-hybridized carbons (Fsp3) is 0.421. The topological polar surface area (TPSA) is 17.1 Å². The SMILES string of the molecule is CC1=CCCC(C)(C)C1/C=C/C(F)=C/C=C/C(C)=C/C=O. The van der Waals surface area contributed by atoms with Gasteiger partial charge in [-0.15, -0.1) is 0 Å². The third-order valence-electron chi connectivity index (χ3n) is 3.98. The molecule has 0 bridgehead atoms. The molecule has 0 N–H and O–H groups in total. The van der Waals surface area contributed by atoms with Crippen LogP contribution in [0.5, 0.6) is 0 Å². The van der Waals surface area contributed by atoms with Gasteiger partial charge in [0, 0.05) is 5.92 Å². The summed E-state index contributed by atoms with van der Waals surface area (Å²) in [4.78, 5) is 10.3. The Morgan fingerprint density at radius 2 is 2.05 bits per heavy atom. The molecule has 0 aliphatic heterocycles. The number of hydrogen-bond acceptors (Lipinski definition) is 1. The summed E-state index contributed by atoms with van der Waals surface area (Å²) in [5.41, 5.74) is 2.29. The lowest BCUT2D eigenvalue weighted by molar-refractivity contribution is -0.104. The van der Waals surface area contributed by atoms with Gasteiger partial charge >= 0.3 is 0 Å². The van der Waals surface area contributed by atoms with E-state index in [0.717, 1.165) is 24.7 Å². The van der Waals surface area contributed by atoms with Crippen molar-refractivity contribution in [2.45, 2.75) is 40.5 Å². The molecule has 1 unspecified atom stereocenters. The number of halogens is 1. The molecule has 0 radical (unpaired) electrons. The number of carbonyl (C=O) groups excluding carboxylic acids is 1. The van der Waals surface area contributed by atoms with Gasteiger partial charge < -0.3 is 0 Å². The summed E-state index contributed by atoms with van der Waals surface area (Å²) in [6.45, 7) is 8.37. The molecule has 0 saturated carbocycles. The zero-order chi connectivity index (χ0) is 15.9. The zero-order valence-electron chi connectivity index (χ0n) is 13.4. The Kier molecular flexibility index (Phi) is 6.54. The highest BCUT2D eigenvalue weighted by Gasteiger charge is 2.30. The maximum absolute atomic E-state index is 13.8. The van der Waals surface area contributed by atoms with Gasteiger partial charge in [-0.25, -0.2) is 4.39 Å². The van der Waals surface area contributed by atoms with E-state index in [0.29, 0.717) is 0 Å². The first-order valence-corrected chi connectivity index (χ1v) is 7.37. The first-order chi connectivity index (χ1) is 9.86. The number of carbonyl (C=O) groups is 1. The van der Waals surface area contributed by atoms with E-state index in [1.165, 1.54) is 23.8 Å². The number of rotatable bonds is 5. The van der Waals surface area contributed by atoms with Crippen LogP contribution in [0.3, 0.4) is 0 Å². The molecular formula is C19H25FO. The molecule has 0 aromatic heterocycles. The first-order valence-electron chi connectivity index (χ1n) is 7.37. The molecule has 1 nitrogen and oxygen atoms in total. The Morgan fingerprint density at radius 1 is 1.33 bits per heavy atom. The van der Waals surface area contributed by atoms with Gasteiger partial charge in [0.1, 0.15) is 12.1 Å². The summed E-state index contributed by atoms with van der Waals surface area (Å²) in [5.74, 6) is 0.00500. The second-order valence-electron chi connectivity index (χ2n) is 6.27. The largest absolute Gasteiger partial charge is 0.299 e. The van der Waals surface area contributed by atoms with Gasteiger partial charge in [0.15, 0.2) is 0 Å². The van der Waals surface area contributed by atoms with Crippen LogP contribution in [0.2, 0.25) is 0 Å². The lowest BCUT2D eigenvalue weighted by atomic mass is 9.68. The lowest BCUT2D eigenvalue weighted by Gasteiger charge is -2.36. The first kappa shape index (κ1) is 17.4. The van der Waals surface area contributed by atoms with E-state index in [1.807, 2.05) is 6.08 Å². The van der Waals surface area contributed by atoms with E-state index in [2.05, 4.69) is 26.8 Å². The summed E-state index contributed by atoms with van der Waals surface area (Å²) in [6.07, 6.45) is 14.9. The van der Waals surface area contributed by atoms with E-state index in [-0.39, 0.29) is 17.2 Å². The van der Waals surface area contributed by atoms with Crippen LogP contribution in [0.25, 0.3) is 0 Å². The van der Waals surface area contributed by atoms with Crippen molar-refractivity contribution < 1.29 is 9.18 Å². The van der Waals surface area contributed by atoms with Crippen LogP contribution in [-0.2, 0) is 4.79 Å². The van der Waals surface area contributed by atoms with Gasteiger partial charge in [0.2, 0.25) is 0 Å². The third kappa shape index (κ3) is 5.66. The maximum atomic E-state index is 13.8. The molecule has 0 heterocycles. The highest BCUT2D eigenvalue weighted by atomic mass is 19.1. The van der Waals surface area contributed by atoms with Crippen molar-refractivity contribution in [2.24, 2.45) is 11.3 Å². The van der Waals surface area contributed by atoms with Crippen molar-refractivity contribution in [2.75, 3.05) is 0 Å². The van der Waals surface area contributed by atoms with Gasteiger partial charge in [0.25, 0.3) is 0 Å². The quantitative estimate of drug-likeness (QED) is 0.283. The molecule has 1 aliphatic carbocycles. The molecule has 0 saturated heterocycles. The van der Waals surface area contributed by atoms with Crippen LogP contribution >= 0.6 is 0 Å². The number of aldehydes is 1. The van der Waals surface area contributed by atoms with Gasteiger partial charge in [-0.1, -0.05) is 43.7 Å². The summed E-state index contributed by atoms with van der Waals surface area (Å²) in [6, 6.07) is 0. The zero-order valence-corrected chi connectivity index (χ0v) is 13.4. The molecule has 0 aromatic carbocycles. The lowest BCUT2D eigenvalue weighted by Crippen LogP contribution is -2.26. The Bertz CT molecular complexity index is 516. The van der Waals surface area contributed by atoms with E-state index in [9.17, 15) is 9.18 Å². The van der Waals surface area contributed by atoms with Crippen molar-refractivity contribution in [1.82, 2.24) is 0 Å². The number of allylic oxidation sites excluding steroid dienone is 10. The van der Waals surface area contributed by atoms with Crippen molar-refractivity contribution in [3.05, 3.63) is 59.5 Å². The second-order valence-corrected chi connectivity index (χ2v) is 6.27. The van der Waals surface area contributed by atoms with Gasteiger partial charge in [-0.3, -0.25) is 4.79 Å². The highest BCUT2D eigenvalue weighted by molar-refractivity contribution is 5.66. The van der Waals surface area contributed by atoms with Crippen LogP contribution < -0.4 is 0 Å². The minimum absolute atomic E-state index is 0.175. The van der Waals surface area contributed by atoms with Gasteiger partial charge in [0.05, 0.1) is 0 Å². The predicted molar refractivity (Wildman–Crippen MR) is 87.6 cm³/mol. The maximum Gasteiger partial charge on any atom is 0.143 e. The third-order valence-corrected chi connectivity index (χ3v) is 3.98. The Hall–Kier alpha value is -1.70. The normalized spacial score (nSPS) is 23.7. The molecule has 1 rings (SSSR count). The summed E-state index contributed by atoms with van der Waals surface area (Å²) in [7, 11) is 0. The van der Waals surface area contributed by atoms with Crippen molar-refractivity contribution >= 4 is 6.29 Å². The van der Waals surface area contributed by atoms with Crippen LogP contribution in [-0.4, -0.2) is 6.29 Å². The molecule has 21 heavy (non-hydrogen) atoms. The summed E-state index contributed by atoms with van der Waals surface area (Å²) in [5, 5.41) is 0. The van der Waals surface area contributed by atoms with Crippen molar-refractivity contribution in [1.29, 1.82) is 0 Å². The minimum Gasteiger partial charge on any atom is -0.299 e. The monoisotopic (exact) mass is 288 g/mol. The van der Waals surface area contributed by atoms with E-state index < -0.39 is 0 Å². The minimum atomic E-state index is -0.278. The van der Waals surface area contributed by atoms with Crippen molar-refractivity contribution in [3.63, 3.8) is 0 Å². The summed E-state index contributed by atoms with van der Waals surface area (Å²) >= 11 is 0. The van der Waals surface area contributed by atoms with E-state index >= 15 is 0 Å². The smallest absolute Gasteiger partial charge is 0.143 e. The molecule has 0 amide bonds. The fourth-order valence-electron chi connectivity index (χ4n) is 2.68. The molecule has 2 heteroatoms. The molecule has 114 valence electrons. The number of hydrogen-bond donors (Lipinski definition) is 0. The van der Waals surface area contributed by atoms with E-state index in [4.69, 9.17) is 0 Å². The van der Waals surface area contributed by atoms with Crippen LogP contribution in [0.15, 0.2) is 59.5 Å². The van der Waals surface area contributed by atoms with Crippen molar-refractivity contribution in [3.8, 4) is 0 Å².